The van der Waals surface area contributed by atoms with Crippen LogP contribution in [-0.2, 0) is 11.3 Å². The maximum Gasteiger partial charge on any atom is 0.276 e. The Morgan fingerprint density at radius 2 is 2.03 bits per heavy atom. The van der Waals surface area contributed by atoms with Gasteiger partial charge in [0.25, 0.3) is 5.69 Å². The molecule has 3 aromatic rings. The van der Waals surface area contributed by atoms with E-state index in [9.17, 15) is 23.7 Å². The van der Waals surface area contributed by atoms with Gasteiger partial charge in [0.15, 0.2) is 0 Å². The van der Waals surface area contributed by atoms with Crippen molar-refractivity contribution in [2.45, 2.75) is 13.5 Å². The van der Waals surface area contributed by atoms with Crippen LogP contribution in [0.15, 0.2) is 54.7 Å². The van der Waals surface area contributed by atoms with Crippen molar-refractivity contribution >= 4 is 23.5 Å². The summed E-state index contributed by atoms with van der Waals surface area (Å²) in [6.07, 6.45) is 3.97. The molecule has 9 heteroatoms. The number of para-hydroxylation sites is 1. The number of hydrogen-bond acceptors (Lipinski definition) is 4. The molecule has 2 aromatic carbocycles. The number of halogens is 2. The Kier molecular flexibility index (Phi) is 5.77. The van der Waals surface area contributed by atoms with Gasteiger partial charge in [-0.3, -0.25) is 14.9 Å². The van der Waals surface area contributed by atoms with Gasteiger partial charge in [-0.15, -0.1) is 0 Å². The number of aryl methyl sites for hydroxylation is 1. The summed E-state index contributed by atoms with van der Waals surface area (Å²) in [4.78, 5) is 22.8. The van der Waals surface area contributed by atoms with E-state index in [4.69, 9.17) is 0 Å². The number of benzene rings is 2. The van der Waals surface area contributed by atoms with Gasteiger partial charge in [0.05, 0.1) is 23.2 Å². The van der Waals surface area contributed by atoms with Crippen molar-refractivity contribution in [3.63, 3.8) is 0 Å². The third-order valence-electron chi connectivity index (χ3n) is 4.14. The molecule has 3 rings (SSSR count). The van der Waals surface area contributed by atoms with E-state index in [1.165, 1.54) is 35.2 Å². The molecule has 0 aliphatic rings. The minimum atomic E-state index is -0.590. The molecule has 0 saturated heterocycles. The first-order chi connectivity index (χ1) is 13.8. The number of hydrogen-bond donors (Lipinski definition) is 1. The Labute approximate surface area is 164 Å². The van der Waals surface area contributed by atoms with Gasteiger partial charge in [-0.1, -0.05) is 12.1 Å². The smallest absolute Gasteiger partial charge is 0.276 e. The Morgan fingerprint density at radius 3 is 2.79 bits per heavy atom. The van der Waals surface area contributed by atoms with Crippen LogP contribution in [0.4, 0.5) is 20.3 Å². The molecule has 29 heavy (non-hydrogen) atoms. The van der Waals surface area contributed by atoms with Crippen molar-refractivity contribution in [1.29, 1.82) is 0 Å². The number of carbonyl (C=O) groups is 1. The SMILES string of the molecule is Cc1cnn(Cc2cc(F)ccc2F)c1NC(=O)/C=C/c1ccccc1[N+](=O)[O-]. The van der Waals surface area contributed by atoms with E-state index < -0.39 is 22.5 Å². The van der Waals surface area contributed by atoms with Crippen LogP contribution in [-0.4, -0.2) is 20.6 Å². The summed E-state index contributed by atoms with van der Waals surface area (Å²) in [7, 11) is 0. The normalized spacial score (nSPS) is 11.0. The highest BCUT2D eigenvalue weighted by molar-refractivity contribution is 6.02. The number of aromatic nitrogens is 2. The topological polar surface area (TPSA) is 90.1 Å². The van der Waals surface area contributed by atoms with Crippen LogP contribution in [0.2, 0.25) is 0 Å². The van der Waals surface area contributed by atoms with Crippen LogP contribution in [0.5, 0.6) is 0 Å². The fourth-order valence-corrected chi connectivity index (χ4v) is 2.71. The van der Waals surface area contributed by atoms with Crippen molar-refractivity contribution in [1.82, 2.24) is 9.78 Å². The second-order valence-electron chi connectivity index (χ2n) is 6.21. The minimum Gasteiger partial charge on any atom is -0.307 e. The van der Waals surface area contributed by atoms with Gasteiger partial charge in [0.1, 0.15) is 17.5 Å². The summed E-state index contributed by atoms with van der Waals surface area (Å²) < 4.78 is 28.6. The largest absolute Gasteiger partial charge is 0.307 e. The third-order valence-corrected chi connectivity index (χ3v) is 4.14. The highest BCUT2D eigenvalue weighted by Crippen LogP contribution is 2.20. The Morgan fingerprint density at radius 1 is 1.28 bits per heavy atom. The molecule has 7 nitrogen and oxygen atoms in total. The van der Waals surface area contributed by atoms with E-state index in [1.807, 2.05) is 0 Å². The molecule has 0 unspecified atom stereocenters. The lowest BCUT2D eigenvalue weighted by Gasteiger charge is -2.10. The van der Waals surface area contributed by atoms with Gasteiger partial charge in [-0.05, 0) is 37.3 Å². The molecular weight excluding hydrogens is 382 g/mol. The molecule has 0 aliphatic heterocycles. The Bertz CT molecular complexity index is 1110. The first kappa shape index (κ1) is 19.9. The van der Waals surface area contributed by atoms with Gasteiger partial charge in [-0.2, -0.15) is 5.10 Å². The van der Waals surface area contributed by atoms with Gasteiger partial charge < -0.3 is 5.32 Å². The lowest BCUT2D eigenvalue weighted by atomic mass is 10.1. The summed E-state index contributed by atoms with van der Waals surface area (Å²) >= 11 is 0. The maximum absolute atomic E-state index is 13.9. The molecule has 0 fully saturated rings. The fourth-order valence-electron chi connectivity index (χ4n) is 2.71. The maximum atomic E-state index is 13.9. The molecule has 1 aromatic heterocycles. The zero-order valence-corrected chi connectivity index (χ0v) is 15.3. The van der Waals surface area contributed by atoms with Crippen LogP contribution < -0.4 is 5.32 Å². The number of nitrogens with zero attached hydrogens (tertiary/aromatic N) is 3. The Balaban J connectivity index is 1.79. The monoisotopic (exact) mass is 398 g/mol. The second-order valence-corrected chi connectivity index (χ2v) is 6.21. The Hall–Kier alpha value is -3.88. The van der Waals surface area contributed by atoms with E-state index in [0.717, 1.165) is 24.3 Å². The van der Waals surface area contributed by atoms with Crippen LogP contribution in [0.1, 0.15) is 16.7 Å². The predicted molar refractivity (Wildman–Crippen MR) is 103 cm³/mol. The first-order valence-electron chi connectivity index (χ1n) is 8.54. The quantitative estimate of drug-likeness (QED) is 0.385. The minimum absolute atomic E-state index is 0.0824. The van der Waals surface area contributed by atoms with Gasteiger partial charge >= 0.3 is 0 Å². The average Bonchev–Trinajstić information content (AvgIpc) is 3.02. The van der Waals surface area contributed by atoms with Gasteiger partial charge in [0.2, 0.25) is 5.91 Å². The van der Waals surface area contributed by atoms with E-state index >= 15 is 0 Å². The molecule has 0 radical (unpaired) electrons. The van der Waals surface area contributed by atoms with Crippen molar-refractivity contribution in [3.8, 4) is 0 Å². The number of nitrogens with one attached hydrogen (secondary N) is 1. The summed E-state index contributed by atoms with van der Waals surface area (Å²) in [6, 6.07) is 9.11. The van der Waals surface area contributed by atoms with E-state index in [0.29, 0.717) is 11.4 Å². The molecule has 0 aliphatic carbocycles. The molecular formula is C20H16F2N4O3. The highest BCUT2D eigenvalue weighted by Gasteiger charge is 2.14. The molecule has 0 saturated carbocycles. The van der Waals surface area contributed by atoms with Crippen molar-refractivity contribution in [2.75, 3.05) is 5.32 Å². The summed E-state index contributed by atoms with van der Waals surface area (Å²) in [5.41, 5.74) is 0.854. The average molecular weight is 398 g/mol. The number of nitro groups is 1. The number of anilines is 1. The highest BCUT2D eigenvalue weighted by atomic mass is 19.1. The van der Waals surface area contributed by atoms with Crippen LogP contribution >= 0.6 is 0 Å². The van der Waals surface area contributed by atoms with Crippen molar-refractivity contribution < 1.29 is 18.5 Å². The molecule has 1 N–H and O–H groups in total. The molecule has 0 atom stereocenters. The molecule has 1 heterocycles. The third kappa shape index (κ3) is 4.70. The van der Waals surface area contributed by atoms with Crippen molar-refractivity contribution in [3.05, 3.63) is 93.2 Å². The van der Waals surface area contributed by atoms with E-state index in [1.54, 1.807) is 13.0 Å². The summed E-state index contributed by atoms with van der Waals surface area (Å²) in [6.45, 7) is 1.62. The lowest BCUT2D eigenvalue weighted by Crippen LogP contribution is -2.15. The number of rotatable bonds is 6. The van der Waals surface area contributed by atoms with Crippen LogP contribution in [0.3, 0.4) is 0 Å². The first-order valence-corrected chi connectivity index (χ1v) is 8.54. The molecule has 0 bridgehead atoms. The second kappa shape index (κ2) is 8.42. The molecule has 148 valence electrons. The standard InChI is InChI=1S/C20H16F2N4O3/c1-13-11-23-25(12-15-10-16(21)7-8-17(15)22)20(13)24-19(27)9-6-14-4-2-3-5-18(14)26(28)29/h2-11H,12H2,1H3,(H,24,27)/b9-6+. The predicted octanol–water partition coefficient (Wildman–Crippen LogP) is 4.08. The number of nitro benzene ring substituents is 1. The summed E-state index contributed by atoms with van der Waals surface area (Å²) in [5, 5.41) is 17.7. The zero-order chi connectivity index (χ0) is 21.0. The molecule has 1 amide bonds. The van der Waals surface area contributed by atoms with Crippen LogP contribution in [0.25, 0.3) is 6.08 Å². The van der Waals surface area contributed by atoms with E-state index in [-0.39, 0.29) is 23.4 Å². The number of carbonyl (C=O) groups excluding carboxylic acids is 1. The zero-order valence-electron chi connectivity index (χ0n) is 15.3. The van der Waals surface area contributed by atoms with Gasteiger partial charge in [-0.25, -0.2) is 13.5 Å². The van der Waals surface area contributed by atoms with Crippen molar-refractivity contribution in [2.24, 2.45) is 0 Å². The molecule has 0 spiro atoms. The van der Waals surface area contributed by atoms with E-state index in [2.05, 4.69) is 10.4 Å². The summed E-state index contributed by atoms with van der Waals surface area (Å²) in [5.74, 6) is -1.41. The van der Waals surface area contributed by atoms with Crippen LogP contribution in [0, 0.1) is 28.7 Å². The fraction of sp³-hybridized carbons (Fsp3) is 0.100. The van der Waals surface area contributed by atoms with Gasteiger partial charge in [0, 0.05) is 23.3 Å². The number of amides is 1. The lowest BCUT2D eigenvalue weighted by molar-refractivity contribution is -0.385.